The number of anilines is 2. The Bertz CT molecular complexity index is 382. The summed E-state index contributed by atoms with van der Waals surface area (Å²) < 4.78 is 0. The SMILES string of the molecule is CCCNc1ncnc(N(C)CC(C)O)c1CCC. The van der Waals surface area contributed by atoms with E-state index in [1.165, 1.54) is 0 Å². The van der Waals surface area contributed by atoms with Crippen LogP contribution in [0.5, 0.6) is 0 Å². The minimum atomic E-state index is -0.374. The van der Waals surface area contributed by atoms with Gasteiger partial charge in [-0.3, -0.25) is 0 Å². The fourth-order valence-electron chi connectivity index (χ4n) is 2.09. The summed E-state index contributed by atoms with van der Waals surface area (Å²) in [5.41, 5.74) is 1.14. The van der Waals surface area contributed by atoms with Crippen molar-refractivity contribution in [2.24, 2.45) is 0 Å². The Kier molecular flexibility index (Phi) is 6.56. The van der Waals surface area contributed by atoms with E-state index < -0.39 is 0 Å². The number of aliphatic hydroxyl groups excluding tert-OH is 1. The van der Waals surface area contributed by atoms with E-state index in [0.717, 1.165) is 43.0 Å². The molecule has 0 spiro atoms. The molecule has 1 aromatic rings. The third kappa shape index (κ3) is 4.67. The van der Waals surface area contributed by atoms with Crippen LogP contribution in [0.2, 0.25) is 0 Å². The molecule has 1 rings (SSSR count). The molecule has 0 saturated carbocycles. The first-order valence-corrected chi connectivity index (χ1v) is 7.07. The molecule has 1 aromatic heterocycles. The summed E-state index contributed by atoms with van der Waals surface area (Å²) in [4.78, 5) is 10.7. The standard InChI is InChI=1S/C14H26N4O/c1-5-7-12-13(15-8-6-2)16-10-17-14(12)18(4)9-11(3)19/h10-11,19H,5-9H2,1-4H3,(H,15,16,17). The monoisotopic (exact) mass is 266 g/mol. The van der Waals surface area contributed by atoms with Crippen molar-refractivity contribution in [3.63, 3.8) is 0 Å². The van der Waals surface area contributed by atoms with E-state index in [2.05, 4.69) is 29.1 Å². The van der Waals surface area contributed by atoms with Crippen LogP contribution in [0.4, 0.5) is 11.6 Å². The molecular weight excluding hydrogens is 240 g/mol. The fourth-order valence-corrected chi connectivity index (χ4v) is 2.09. The summed E-state index contributed by atoms with van der Waals surface area (Å²) in [5.74, 6) is 1.84. The first-order valence-electron chi connectivity index (χ1n) is 7.07. The van der Waals surface area contributed by atoms with Gasteiger partial charge in [-0.2, -0.15) is 0 Å². The molecule has 19 heavy (non-hydrogen) atoms. The lowest BCUT2D eigenvalue weighted by Crippen LogP contribution is -2.29. The molecule has 2 N–H and O–H groups in total. The highest BCUT2D eigenvalue weighted by Crippen LogP contribution is 2.24. The Balaban J connectivity index is 3.00. The van der Waals surface area contributed by atoms with Crippen molar-refractivity contribution in [3.05, 3.63) is 11.9 Å². The first kappa shape index (κ1) is 15.7. The number of hydrogen-bond acceptors (Lipinski definition) is 5. The molecular formula is C14H26N4O. The lowest BCUT2D eigenvalue weighted by Gasteiger charge is -2.23. The Morgan fingerprint density at radius 2 is 2.05 bits per heavy atom. The number of nitrogens with one attached hydrogen (secondary N) is 1. The second-order valence-corrected chi connectivity index (χ2v) is 4.93. The maximum Gasteiger partial charge on any atom is 0.137 e. The summed E-state index contributed by atoms with van der Waals surface area (Å²) in [6.07, 6.45) is 4.26. The number of aromatic nitrogens is 2. The maximum atomic E-state index is 9.51. The van der Waals surface area contributed by atoms with Crippen molar-refractivity contribution in [2.45, 2.75) is 46.1 Å². The Morgan fingerprint density at radius 1 is 1.32 bits per heavy atom. The number of rotatable bonds is 8. The van der Waals surface area contributed by atoms with Crippen LogP contribution < -0.4 is 10.2 Å². The average Bonchev–Trinajstić information content (AvgIpc) is 2.36. The lowest BCUT2D eigenvalue weighted by molar-refractivity contribution is 0.201. The summed E-state index contributed by atoms with van der Waals surface area (Å²) in [6, 6.07) is 0. The number of nitrogens with zero attached hydrogens (tertiary/aromatic N) is 3. The van der Waals surface area contributed by atoms with Crippen molar-refractivity contribution in [3.8, 4) is 0 Å². The largest absolute Gasteiger partial charge is 0.392 e. The van der Waals surface area contributed by atoms with E-state index in [1.54, 1.807) is 13.3 Å². The Morgan fingerprint density at radius 3 is 2.63 bits per heavy atom. The van der Waals surface area contributed by atoms with Crippen LogP contribution in [0, 0.1) is 0 Å². The molecule has 1 unspecified atom stereocenters. The van der Waals surface area contributed by atoms with Crippen molar-refractivity contribution in [2.75, 3.05) is 30.4 Å². The summed E-state index contributed by atoms with van der Waals surface area (Å²) >= 11 is 0. The second kappa shape index (κ2) is 7.94. The van der Waals surface area contributed by atoms with Crippen molar-refractivity contribution < 1.29 is 5.11 Å². The van der Waals surface area contributed by atoms with Gasteiger partial charge >= 0.3 is 0 Å². The van der Waals surface area contributed by atoms with Crippen LogP contribution in [0.1, 0.15) is 39.2 Å². The first-order chi connectivity index (χ1) is 9.10. The molecule has 0 saturated heterocycles. The average molecular weight is 266 g/mol. The molecule has 0 fully saturated rings. The number of hydrogen-bond donors (Lipinski definition) is 2. The smallest absolute Gasteiger partial charge is 0.137 e. The maximum absolute atomic E-state index is 9.51. The molecule has 0 aliphatic rings. The molecule has 0 aliphatic carbocycles. The molecule has 108 valence electrons. The normalized spacial score (nSPS) is 12.3. The van der Waals surface area contributed by atoms with Gasteiger partial charge in [0, 0.05) is 25.7 Å². The minimum Gasteiger partial charge on any atom is -0.392 e. The van der Waals surface area contributed by atoms with Crippen LogP contribution in [0.3, 0.4) is 0 Å². The zero-order chi connectivity index (χ0) is 14.3. The van der Waals surface area contributed by atoms with Crippen molar-refractivity contribution in [1.82, 2.24) is 9.97 Å². The molecule has 5 heteroatoms. The Labute approximate surface area is 116 Å². The van der Waals surface area contributed by atoms with Crippen LogP contribution >= 0.6 is 0 Å². The molecule has 0 radical (unpaired) electrons. The molecule has 1 atom stereocenters. The van der Waals surface area contributed by atoms with Gasteiger partial charge in [0.15, 0.2) is 0 Å². The van der Waals surface area contributed by atoms with Gasteiger partial charge < -0.3 is 15.3 Å². The van der Waals surface area contributed by atoms with Gasteiger partial charge in [-0.15, -0.1) is 0 Å². The zero-order valence-corrected chi connectivity index (χ0v) is 12.5. The number of likely N-dealkylation sites (N-methyl/N-ethyl adjacent to an activating group) is 1. The summed E-state index contributed by atoms with van der Waals surface area (Å²) in [7, 11) is 1.96. The van der Waals surface area contributed by atoms with E-state index in [0.29, 0.717) is 6.54 Å². The fraction of sp³-hybridized carbons (Fsp3) is 0.714. The van der Waals surface area contributed by atoms with E-state index in [1.807, 2.05) is 11.9 Å². The molecule has 5 nitrogen and oxygen atoms in total. The van der Waals surface area contributed by atoms with E-state index in [9.17, 15) is 5.11 Å². The minimum absolute atomic E-state index is 0.374. The van der Waals surface area contributed by atoms with Crippen LogP contribution in [-0.2, 0) is 6.42 Å². The van der Waals surface area contributed by atoms with Crippen molar-refractivity contribution in [1.29, 1.82) is 0 Å². The predicted octanol–water partition coefficient (Wildman–Crippen LogP) is 2.07. The highest BCUT2D eigenvalue weighted by atomic mass is 16.3. The number of aliphatic hydroxyl groups is 1. The third-order valence-corrected chi connectivity index (χ3v) is 2.86. The van der Waals surface area contributed by atoms with Crippen LogP contribution in [0.15, 0.2) is 6.33 Å². The van der Waals surface area contributed by atoms with E-state index >= 15 is 0 Å². The van der Waals surface area contributed by atoms with Gasteiger partial charge in [-0.25, -0.2) is 9.97 Å². The second-order valence-electron chi connectivity index (χ2n) is 4.93. The van der Waals surface area contributed by atoms with Gasteiger partial charge in [0.2, 0.25) is 0 Å². The van der Waals surface area contributed by atoms with Crippen LogP contribution in [-0.4, -0.2) is 41.3 Å². The summed E-state index contributed by atoms with van der Waals surface area (Å²) in [5, 5.41) is 12.9. The van der Waals surface area contributed by atoms with Gasteiger partial charge in [-0.05, 0) is 19.8 Å². The topological polar surface area (TPSA) is 61.3 Å². The van der Waals surface area contributed by atoms with Gasteiger partial charge in [0.05, 0.1) is 6.10 Å². The van der Waals surface area contributed by atoms with Gasteiger partial charge in [-0.1, -0.05) is 20.3 Å². The highest BCUT2D eigenvalue weighted by Gasteiger charge is 2.15. The lowest BCUT2D eigenvalue weighted by atomic mass is 10.1. The molecule has 0 aromatic carbocycles. The molecule has 0 aliphatic heterocycles. The molecule has 0 bridgehead atoms. The van der Waals surface area contributed by atoms with Crippen molar-refractivity contribution >= 4 is 11.6 Å². The van der Waals surface area contributed by atoms with Gasteiger partial charge in [0.25, 0.3) is 0 Å². The summed E-state index contributed by atoms with van der Waals surface area (Å²) in [6.45, 7) is 7.55. The van der Waals surface area contributed by atoms with Gasteiger partial charge in [0.1, 0.15) is 18.0 Å². The quantitative estimate of drug-likeness (QED) is 0.754. The zero-order valence-electron chi connectivity index (χ0n) is 12.5. The van der Waals surface area contributed by atoms with E-state index in [4.69, 9.17) is 0 Å². The molecule has 0 amide bonds. The predicted molar refractivity (Wildman–Crippen MR) is 79.8 cm³/mol. The third-order valence-electron chi connectivity index (χ3n) is 2.86. The van der Waals surface area contributed by atoms with E-state index in [-0.39, 0.29) is 6.10 Å². The van der Waals surface area contributed by atoms with Crippen LogP contribution in [0.25, 0.3) is 0 Å². The Hall–Kier alpha value is -1.36. The highest BCUT2D eigenvalue weighted by molar-refractivity contribution is 5.58. The molecule has 1 heterocycles.